The molecular formula is C17H31N3O. The van der Waals surface area contributed by atoms with Crippen LogP contribution in [0.4, 0.5) is 0 Å². The molecule has 0 spiro atoms. The molecule has 1 amide bonds. The first-order valence-corrected chi connectivity index (χ1v) is 8.83. The summed E-state index contributed by atoms with van der Waals surface area (Å²) in [5.41, 5.74) is 5.53. The SMILES string of the molecule is CCCC(C)(N)C(=O)N1CCN(C2CC3CCC2C3)CC1. The Morgan fingerprint density at radius 1 is 1.19 bits per heavy atom. The number of nitrogens with zero attached hydrogens (tertiary/aromatic N) is 2. The lowest BCUT2D eigenvalue weighted by molar-refractivity contribution is -0.139. The lowest BCUT2D eigenvalue weighted by Crippen LogP contribution is -2.59. The van der Waals surface area contributed by atoms with E-state index in [4.69, 9.17) is 5.73 Å². The zero-order chi connectivity index (χ0) is 15.0. The molecule has 1 aliphatic heterocycles. The van der Waals surface area contributed by atoms with E-state index in [0.29, 0.717) is 0 Å². The third-order valence-electron chi connectivity index (χ3n) is 6.03. The van der Waals surface area contributed by atoms with Gasteiger partial charge in [-0.1, -0.05) is 19.8 Å². The van der Waals surface area contributed by atoms with E-state index in [-0.39, 0.29) is 5.91 Å². The number of carbonyl (C=O) groups is 1. The standard InChI is InChI=1S/C17H31N3O/c1-3-6-17(2,18)16(21)20-9-7-19(8-10-20)15-12-13-4-5-14(15)11-13/h13-15H,3-12,18H2,1-2H3. The van der Waals surface area contributed by atoms with Gasteiger partial charge >= 0.3 is 0 Å². The van der Waals surface area contributed by atoms with Crippen molar-refractivity contribution < 1.29 is 4.79 Å². The Labute approximate surface area is 129 Å². The zero-order valence-corrected chi connectivity index (χ0v) is 13.7. The fourth-order valence-corrected chi connectivity index (χ4v) is 4.90. The molecule has 21 heavy (non-hydrogen) atoms. The largest absolute Gasteiger partial charge is 0.339 e. The molecule has 2 bridgehead atoms. The number of carbonyl (C=O) groups excluding carboxylic acids is 1. The van der Waals surface area contributed by atoms with E-state index in [1.54, 1.807) is 0 Å². The maximum atomic E-state index is 12.5. The van der Waals surface area contributed by atoms with Gasteiger partial charge in [0.25, 0.3) is 0 Å². The lowest BCUT2D eigenvalue weighted by atomic mass is 9.93. The minimum Gasteiger partial charge on any atom is -0.339 e. The molecule has 1 saturated heterocycles. The summed E-state index contributed by atoms with van der Waals surface area (Å²) in [4.78, 5) is 17.2. The molecular weight excluding hydrogens is 262 g/mol. The van der Waals surface area contributed by atoms with E-state index in [2.05, 4.69) is 11.8 Å². The van der Waals surface area contributed by atoms with Crippen LogP contribution in [0.3, 0.4) is 0 Å². The fraction of sp³-hybridized carbons (Fsp3) is 0.941. The van der Waals surface area contributed by atoms with Crippen molar-refractivity contribution in [1.29, 1.82) is 0 Å². The number of rotatable bonds is 4. The Morgan fingerprint density at radius 2 is 1.90 bits per heavy atom. The molecule has 0 aromatic rings. The Morgan fingerprint density at radius 3 is 2.43 bits per heavy atom. The van der Waals surface area contributed by atoms with Gasteiger partial charge in [0.1, 0.15) is 0 Å². The highest BCUT2D eigenvalue weighted by atomic mass is 16.2. The molecule has 0 aromatic heterocycles. The average molecular weight is 293 g/mol. The molecule has 4 atom stereocenters. The minimum absolute atomic E-state index is 0.150. The van der Waals surface area contributed by atoms with E-state index >= 15 is 0 Å². The van der Waals surface area contributed by atoms with Crippen LogP contribution >= 0.6 is 0 Å². The van der Waals surface area contributed by atoms with Crippen LogP contribution < -0.4 is 5.73 Å². The van der Waals surface area contributed by atoms with Crippen LogP contribution in [0.1, 0.15) is 52.4 Å². The second-order valence-corrected chi connectivity index (χ2v) is 7.74. The quantitative estimate of drug-likeness (QED) is 0.860. The fourth-order valence-electron chi connectivity index (χ4n) is 4.90. The summed E-state index contributed by atoms with van der Waals surface area (Å²) in [6.07, 6.45) is 7.50. The number of fused-ring (bicyclic) bond motifs is 2. The van der Waals surface area contributed by atoms with Crippen molar-refractivity contribution in [2.24, 2.45) is 17.6 Å². The predicted molar refractivity (Wildman–Crippen MR) is 84.9 cm³/mol. The van der Waals surface area contributed by atoms with Crippen molar-refractivity contribution in [3.63, 3.8) is 0 Å². The summed E-state index contributed by atoms with van der Waals surface area (Å²) in [5, 5.41) is 0. The van der Waals surface area contributed by atoms with E-state index in [9.17, 15) is 4.79 Å². The number of piperazine rings is 1. The summed E-state index contributed by atoms with van der Waals surface area (Å²) >= 11 is 0. The molecule has 0 aromatic carbocycles. The summed E-state index contributed by atoms with van der Waals surface area (Å²) in [6, 6.07) is 0.806. The molecule has 120 valence electrons. The zero-order valence-electron chi connectivity index (χ0n) is 13.7. The van der Waals surface area contributed by atoms with Gasteiger partial charge in [0.05, 0.1) is 5.54 Å². The van der Waals surface area contributed by atoms with Crippen molar-refractivity contribution in [3.8, 4) is 0 Å². The van der Waals surface area contributed by atoms with Gasteiger partial charge in [-0.05, 0) is 44.4 Å². The highest BCUT2D eigenvalue weighted by Crippen LogP contribution is 2.46. The summed E-state index contributed by atoms with van der Waals surface area (Å²) < 4.78 is 0. The Balaban J connectivity index is 1.52. The second kappa shape index (κ2) is 5.88. The second-order valence-electron chi connectivity index (χ2n) is 7.74. The highest BCUT2D eigenvalue weighted by molar-refractivity contribution is 5.85. The van der Waals surface area contributed by atoms with E-state index in [0.717, 1.165) is 56.9 Å². The first-order chi connectivity index (χ1) is 10.0. The smallest absolute Gasteiger partial charge is 0.242 e. The third-order valence-corrected chi connectivity index (χ3v) is 6.03. The Bertz CT molecular complexity index is 387. The first-order valence-electron chi connectivity index (χ1n) is 8.83. The van der Waals surface area contributed by atoms with Gasteiger partial charge in [0.2, 0.25) is 5.91 Å². The van der Waals surface area contributed by atoms with E-state index in [1.807, 2.05) is 11.8 Å². The third kappa shape index (κ3) is 2.98. The predicted octanol–water partition coefficient (Wildman–Crippen LogP) is 1.84. The molecule has 3 fully saturated rings. The van der Waals surface area contributed by atoms with Gasteiger partial charge < -0.3 is 10.6 Å². The van der Waals surface area contributed by atoms with Crippen molar-refractivity contribution in [2.75, 3.05) is 26.2 Å². The summed E-state index contributed by atoms with van der Waals surface area (Å²) in [7, 11) is 0. The molecule has 2 aliphatic carbocycles. The Kier molecular flexibility index (Phi) is 4.28. The monoisotopic (exact) mass is 293 g/mol. The normalized spacial score (nSPS) is 36.0. The van der Waals surface area contributed by atoms with Crippen LogP contribution in [-0.2, 0) is 4.79 Å². The van der Waals surface area contributed by atoms with Gasteiger partial charge in [-0.25, -0.2) is 0 Å². The van der Waals surface area contributed by atoms with Crippen LogP contribution in [0.25, 0.3) is 0 Å². The summed E-state index contributed by atoms with van der Waals surface area (Å²) in [5.74, 6) is 2.09. The van der Waals surface area contributed by atoms with Gasteiger partial charge in [0, 0.05) is 32.2 Å². The van der Waals surface area contributed by atoms with Gasteiger partial charge in [-0.15, -0.1) is 0 Å². The van der Waals surface area contributed by atoms with E-state index in [1.165, 1.54) is 25.7 Å². The van der Waals surface area contributed by atoms with Crippen LogP contribution in [0.5, 0.6) is 0 Å². The minimum atomic E-state index is -0.677. The van der Waals surface area contributed by atoms with Crippen molar-refractivity contribution in [1.82, 2.24) is 9.80 Å². The van der Waals surface area contributed by atoms with Gasteiger partial charge in [-0.3, -0.25) is 9.69 Å². The van der Waals surface area contributed by atoms with Crippen LogP contribution in [-0.4, -0.2) is 53.5 Å². The molecule has 0 radical (unpaired) electrons. The molecule has 2 N–H and O–H groups in total. The Hall–Kier alpha value is -0.610. The topological polar surface area (TPSA) is 49.6 Å². The molecule has 3 aliphatic rings. The number of nitrogens with two attached hydrogens (primary N) is 1. The van der Waals surface area contributed by atoms with Gasteiger partial charge in [0.15, 0.2) is 0 Å². The number of amides is 1. The molecule has 3 rings (SSSR count). The maximum Gasteiger partial charge on any atom is 0.242 e. The molecule has 4 unspecified atom stereocenters. The average Bonchev–Trinajstić information content (AvgIpc) is 3.09. The maximum absolute atomic E-state index is 12.5. The van der Waals surface area contributed by atoms with Gasteiger partial charge in [-0.2, -0.15) is 0 Å². The molecule has 4 nitrogen and oxygen atoms in total. The first kappa shape index (κ1) is 15.3. The van der Waals surface area contributed by atoms with Crippen molar-refractivity contribution in [3.05, 3.63) is 0 Å². The van der Waals surface area contributed by atoms with Crippen LogP contribution in [0.2, 0.25) is 0 Å². The number of hydrogen-bond donors (Lipinski definition) is 1. The van der Waals surface area contributed by atoms with Crippen molar-refractivity contribution >= 4 is 5.91 Å². The molecule has 2 saturated carbocycles. The molecule has 1 heterocycles. The van der Waals surface area contributed by atoms with Crippen molar-refractivity contribution in [2.45, 2.75) is 64.0 Å². The lowest BCUT2D eigenvalue weighted by Gasteiger charge is -2.42. The number of hydrogen-bond acceptors (Lipinski definition) is 3. The van der Waals surface area contributed by atoms with E-state index < -0.39 is 5.54 Å². The highest BCUT2D eigenvalue weighted by Gasteiger charge is 2.43. The molecule has 4 heteroatoms. The summed E-state index contributed by atoms with van der Waals surface area (Å²) in [6.45, 7) is 7.79. The van der Waals surface area contributed by atoms with Crippen LogP contribution in [0.15, 0.2) is 0 Å². The van der Waals surface area contributed by atoms with Crippen LogP contribution in [0, 0.1) is 11.8 Å².